The van der Waals surface area contributed by atoms with E-state index in [1.807, 2.05) is 11.5 Å². The largest absolute Gasteiger partial charge is 0.469 e. The molecule has 3 rings (SSSR count). The number of carbonyl (C=O) groups excluding carboxylic acids is 1. The van der Waals surface area contributed by atoms with Crippen LogP contribution in [-0.4, -0.2) is 44.4 Å². The number of H-pyrrole nitrogens is 1. The second-order valence-electron chi connectivity index (χ2n) is 6.28. The number of rotatable bonds is 9. The van der Waals surface area contributed by atoms with E-state index in [1.165, 1.54) is 13.4 Å². The van der Waals surface area contributed by atoms with Crippen molar-refractivity contribution in [3.05, 3.63) is 29.2 Å². The SMILES string of the molecule is COC(=O)CCCCCNc1nc(-c2cc(C)n(-c3ncn[nH]3)c2C)cs1. The highest BCUT2D eigenvalue weighted by Gasteiger charge is 2.16. The molecule has 0 saturated heterocycles. The number of aromatic nitrogens is 5. The zero-order valence-corrected chi connectivity index (χ0v) is 16.6. The van der Waals surface area contributed by atoms with Gasteiger partial charge in [0, 0.05) is 35.3 Å². The van der Waals surface area contributed by atoms with Crippen LogP contribution in [0.3, 0.4) is 0 Å². The first-order chi connectivity index (χ1) is 13.1. The molecule has 2 N–H and O–H groups in total. The van der Waals surface area contributed by atoms with Crippen molar-refractivity contribution in [1.82, 2.24) is 24.7 Å². The van der Waals surface area contributed by atoms with Crippen LogP contribution in [0.4, 0.5) is 5.13 Å². The van der Waals surface area contributed by atoms with E-state index in [0.717, 1.165) is 53.6 Å². The summed E-state index contributed by atoms with van der Waals surface area (Å²) in [4.78, 5) is 20.0. The van der Waals surface area contributed by atoms with Crippen LogP contribution in [0, 0.1) is 13.8 Å². The van der Waals surface area contributed by atoms with Crippen molar-refractivity contribution in [1.29, 1.82) is 0 Å². The maximum Gasteiger partial charge on any atom is 0.305 e. The lowest BCUT2D eigenvalue weighted by Gasteiger charge is -2.04. The highest BCUT2D eigenvalue weighted by atomic mass is 32.1. The molecule has 3 heterocycles. The molecule has 3 aromatic rings. The van der Waals surface area contributed by atoms with E-state index in [-0.39, 0.29) is 5.97 Å². The van der Waals surface area contributed by atoms with Gasteiger partial charge in [-0.05, 0) is 32.8 Å². The monoisotopic (exact) mass is 388 g/mol. The van der Waals surface area contributed by atoms with Crippen LogP contribution in [-0.2, 0) is 9.53 Å². The lowest BCUT2D eigenvalue weighted by Crippen LogP contribution is -2.03. The van der Waals surface area contributed by atoms with Gasteiger partial charge in [0.15, 0.2) is 5.13 Å². The predicted octanol–water partition coefficient (Wildman–Crippen LogP) is 3.48. The topological polar surface area (TPSA) is 97.7 Å². The van der Waals surface area contributed by atoms with E-state index in [9.17, 15) is 4.79 Å². The maximum atomic E-state index is 11.1. The highest BCUT2D eigenvalue weighted by Crippen LogP contribution is 2.30. The van der Waals surface area contributed by atoms with Crippen LogP contribution >= 0.6 is 11.3 Å². The first-order valence-corrected chi connectivity index (χ1v) is 9.79. The minimum atomic E-state index is -0.143. The second kappa shape index (κ2) is 8.81. The Hall–Kier alpha value is -2.68. The quantitative estimate of drug-likeness (QED) is 0.430. The lowest BCUT2D eigenvalue weighted by molar-refractivity contribution is -0.140. The van der Waals surface area contributed by atoms with Crippen LogP contribution in [0.25, 0.3) is 17.2 Å². The summed E-state index contributed by atoms with van der Waals surface area (Å²) in [6.07, 6.45) is 4.82. The molecule has 0 bridgehead atoms. The van der Waals surface area contributed by atoms with Crippen molar-refractivity contribution in [3.63, 3.8) is 0 Å². The third-order valence-electron chi connectivity index (χ3n) is 4.39. The number of aryl methyl sites for hydroxylation is 1. The molecule has 0 amide bonds. The number of hydrogen-bond acceptors (Lipinski definition) is 7. The third kappa shape index (κ3) is 4.54. The van der Waals surface area contributed by atoms with Crippen molar-refractivity contribution in [2.45, 2.75) is 39.5 Å². The fraction of sp³-hybridized carbons (Fsp3) is 0.444. The first kappa shape index (κ1) is 19.1. The number of anilines is 1. The molecule has 0 unspecified atom stereocenters. The summed E-state index contributed by atoms with van der Waals surface area (Å²) in [5.74, 6) is 0.562. The minimum Gasteiger partial charge on any atom is -0.469 e. The van der Waals surface area contributed by atoms with Gasteiger partial charge in [-0.1, -0.05) is 6.42 Å². The molecule has 0 radical (unpaired) electrons. The van der Waals surface area contributed by atoms with Crippen molar-refractivity contribution in [2.75, 3.05) is 19.0 Å². The number of aromatic amines is 1. The number of nitrogens with one attached hydrogen (secondary N) is 2. The van der Waals surface area contributed by atoms with Crippen LogP contribution < -0.4 is 5.32 Å². The van der Waals surface area contributed by atoms with Crippen LogP contribution in [0.5, 0.6) is 0 Å². The smallest absolute Gasteiger partial charge is 0.305 e. The van der Waals surface area contributed by atoms with Gasteiger partial charge in [-0.25, -0.2) is 10.1 Å². The zero-order chi connectivity index (χ0) is 19.2. The number of unbranched alkanes of at least 4 members (excludes halogenated alkanes) is 2. The Morgan fingerprint density at radius 2 is 2.19 bits per heavy atom. The first-order valence-electron chi connectivity index (χ1n) is 8.91. The molecule has 144 valence electrons. The number of hydrogen-bond donors (Lipinski definition) is 2. The molecule has 9 heteroatoms. The predicted molar refractivity (Wildman–Crippen MR) is 105 cm³/mol. The number of carbonyl (C=O) groups is 1. The van der Waals surface area contributed by atoms with Gasteiger partial charge < -0.3 is 10.1 Å². The van der Waals surface area contributed by atoms with Gasteiger partial charge in [0.05, 0.1) is 12.8 Å². The Kier molecular flexibility index (Phi) is 6.23. The Morgan fingerprint density at radius 3 is 2.93 bits per heavy atom. The van der Waals surface area contributed by atoms with E-state index in [4.69, 9.17) is 4.98 Å². The highest BCUT2D eigenvalue weighted by molar-refractivity contribution is 7.14. The Bertz CT molecular complexity index is 884. The summed E-state index contributed by atoms with van der Waals surface area (Å²) in [5.41, 5.74) is 4.19. The standard InChI is InChI=1S/C18H24N6O2S/c1-12-9-14(13(2)24(12)17-20-11-21-23-17)15-10-27-18(22-15)19-8-6-4-5-7-16(25)26-3/h9-11H,4-8H2,1-3H3,(H,19,22)(H,20,21,23). The van der Waals surface area contributed by atoms with Gasteiger partial charge in [-0.15, -0.1) is 11.3 Å². The van der Waals surface area contributed by atoms with Gasteiger partial charge in [-0.2, -0.15) is 10.1 Å². The van der Waals surface area contributed by atoms with Crippen molar-refractivity contribution < 1.29 is 9.53 Å². The van der Waals surface area contributed by atoms with Crippen molar-refractivity contribution >= 4 is 22.4 Å². The van der Waals surface area contributed by atoms with Gasteiger partial charge in [0.1, 0.15) is 6.33 Å². The summed E-state index contributed by atoms with van der Waals surface area (Å²) < 4.78 is 6.68. The molecular formula is C18H24N6O2S. The Labute approximate surface area is 162 Å². The fourth-order valence-corrected chi connectivity index (χ4v) is 3.74. The molecule has 0 spiro atoms. The molecule has 3 aromatic heterocycles. The number of ether oxygens (including phenoxy) is 1. The van der Waals surface area contributed by atoms with E-state index >= 15 is 0 Å². The van der Waals surface area contributed by atoms with E-state index in [1.54, 1.807) is 11.3 Å². The Balaban J connectivity index is 1.57. The van der Waals surface area contributed by atoms with Gasteiger partial charge in [0.25, 0.3) is 0 Å². The van der Waals surface area contributed by atoms with Crippen LogP contribution in [0.2, 0.25) is 0 Å². The molecule has 0 aliphatic rings. The average Bonchev–Trinajstić information content (AvgIpc) is 3.38. The molecule has 0 fully saturated rings. The van der Waals surface area contributed by atoms with Gasteiger partial charge in [-0.3, -0.25) is 9.36 Å². The van der Waals surface area contributed by atoms with Gasteiger partial charge in [0.2, 0.25) is 5.95 Å². The molecule has 0 aliphatic heterocycles. The summed E-state index contributed by atoms with van der Waals surface area (Å²) >= 11 is 1.60. The molecule has 27 heavy (non-hydrogen) atoms. The van der Waals surface area contributed by atoms with Crippen LogP contribution in [0.15, 0.2) is 17.8 Å². The molecule has 8 nitrogen and oxygen atoms in total. The van der Waals surface area contributed by atoms with E-state index < -0.39 is 0 Å². The lowest BCUT2D eigenvalue weighted by atomic mass is 10.2. The second-order valence-corrected chi connectivity index (χ2v) is 7.14. The number of esters is 1. The van der Waals surface area contributed by atoms with E-state index in [0.29, 0.717) is 12.4 Å². The van der Waals surface area contributed by atoms with Crippen LogP contribution in [0.1, 0.15) is 37.1 Å². The number of methoxy groups -OCH3 is 1. The summed E-state index contributed by atoms with van der Waals surface area (Å²) in [7, 11) is 1.42. The zero-order valence-electron chi connectivity index (χ0n) is 15.8. The summed E-state index contributed by atoms with van der Waals surface area (Å²) in [5, 5.41) is 13.2. The summed E-state index contributed by atoms with van der Waals surface area (Å²) in [6, 6.07) is 2.11. The molecule has 0 saturated carbocycles. The fourth-order valence-electron chi connectivity index (χ4n) is 3.00. The molecular weight excluding hydrogens is 364 g/mol. The Morgan fingerprint density at radius 1 is 1.33 bits per heavy atom. The van der Waals surface area contributed by atoms with Crippen molar-refractivity contribution in [3.8, 4) is 17.2 Å². The van der Waals surface area contributed by atoms with Crippen molar-refractivity contribution in [2.24, 2.45) is 0 Å². The summed E-state index contributed by atoms with van der Waals surface area (Å²) in [6.45, 7) is 4.93. The number of thiazole rings is 1. The maximum absolute atomic E-state index is 11.1. The third-order valence-corrected chi connectivity index (χ3v) is 5.19. The van der Waals surface area contributed by atoms with E-state index in [2.05, 4.69) is 43.6 Å². The molecule has 0 atom stereocenters. The number of nitrogens with zero attached hydrogens (tertiary/aromatic N) is 4. The molecule has 0 aliphatic carbocycles. The van der Waals surface area contributed by atoms with Gasteiger partial charge >= 0.3 is 5.97 Å². The normalized spacial score (nSPS) is 10.9. The molecule has 0 aromatic carbocycles. The minimum absolute atomic E-state index is 0.143. The average molecular weight is 388 g/mol.